The van der Waals surface area contributed by atoms with Crippen LogP contribution in [0.25, 0.3) is 0 Å². The number of imidazole rings is 1. The molecular formula is C20H28N4O4. The summed E-state index contributed by atoms with van der Waals surface area (Å²) in [6, 6.07) is 0. The first-order chi connectivity index (χ1) is 13.6. The number of ether oxygens (including phenoxy) is 2. The molecule has 1 aromatic heterocycles. The molecule has 2 saturated heterocycles. The van der Waals surface area contributed by atoms with Crippen LogP contribution < -0.4 is 5.32 Å². The van der Waals surface area contributed by atoms with Gasteiger partial charge in [0.05, 0.1) is 19.1 Å². The van der Waals surface area contributed by atoms with Gasteiger partial charge in [0.1, 0.15) is 11.4 Å². The molecule has 0 aromatic carbocycles. The largest absolute Gasteiger partial charge is 0.381 e. The molecule has 1 aliphatic carbocycles. The number of hydrogen-bond donors (Lipinski definition) is 1. The van der Waals surface area contributed by atoms with Gasteiger partial charge in [0.15, 0.2) is 6.10 Å². The van der Waals surface area contributed by atoms with Gasteiger partial charge >= 0.3 is 0 Å². The zero-order valence-corrected chi connectivity index (χ0v) is 16.1. The van der Waals surface area contributed by atoms with Gasteiger partial charge in [0.2, 0.25) is 5.91 Å². The lowest BCUT2D eigenvalue weighted by atomic mass is 9.87. The number of hydrogen-bond acceptors (Lipinski definition) is 5. The number of piperidine rings is 1. The molecule has 152 valence electrons. The van der Waals surface area contributed by atoms with Crippen LogP contribution in [0.2, 0.25) is 0 Å². The van der Waals surface area contributed by atoms with Gasteiger partial charge in [-0.05, 0) is 25.2 Å². The Morgan fingerprint density at radius 3 is 2.79 bits per heavy atom. The van der Waals surface area contributed by atoms with Crippen molar-refractivity contribution in [3.05, 3.63) is 18.2 Å². The Hall–Kier alpha value is -1.93. The maximum absolute atomic E-state index is 12.7. The summed E-state index contributed by atoms with van der Waals surface area (Å²) >= 11 is 0. The molecule has 0 radical (unpaired) electrons. The standard InChI is InChI=1S/C20H28N4O4/c25-17(22-11-14-1-2-14)16-12-24-9-6-21-19(24)20(28-16)4-7-23(8-5-20)18(26)15-3-10-27-13-15/h6,9,14-16H,1-5,7-8,10-13H2,(H,22,25). The summed E-state index contributed by atoms with van der Waals surface area (Å²) in [4.78, 5) is 31.9. The fourth-order valence-corrected chi connectivity index (χ4v) is 4.63. The molecule has 3 fully saturated rings. The van der Waals surface area contributed by atoms with Crippen molar-refractivity contribution < 1.29 is 19.1 Å². The highest BCUT2D eigenvalue weighted by molar-refractivity contribution is 5.81. The second-order valence-corrected chi connectivity index (χ2v) is 8.58. The molecule has 3 aliphatic heterocycles. The molecule has 28 heavy (non-hydrogen) atoms. The maximum Gasteiger partial charge on any atom is 0.251 e. The molecule has 1 saturated carbocycles. The molecule has 2 amide bonds. The van der Waals surface area contributed by atoms with E-state index in [1.54, 1.807) is 6.20 Å². The minimum atomic E-state index is -0.591. The van der Waals surface area contributed by atoms with E-state index in [9.17, 15) is 9.59 Å². The van der Waals surface area contributed by atoms with Gasteiger partial charge in [-0.2, -0.15) is 0 Å². The van der Waals surface area contributed by atoms with Crippen molar-refractivity contribution in [2.24, 2.45) is 11.8 Å². The van der Waals surface area contributed by atoms with Crippen molar-refractivity contribution in [1.29, 1.82) is 0 Å². The smallest absolute Gasteiger partial charge is 0.251 e. The van der Waals surface area contributed by atoms with E-state index in [0.717, 1.165) is 18.8 Å². The zero-order chi connectivity index (χ0) is 19.1. The van der Waals surface area contributed by atoms with E-state index in [0.29, 0.717) is 51.6 Å². The van der Waals surface area contributed by atoms with Crippen molar-refractivity contribution in [2.75, 3.05) is 32.8 Å². The molecule has 2 atom stereocenters. The normalized spacial score (nSPS) is 28.9. The molecule has 4 heterocycles. The Morgan fingerprint density at radius 2 is 2.07 bits per heavy atom. The van der Waals surface area contributed by atoms with Gasteiger partial charge in [0, 0.05) is 51.5 Å². The third kappa shape index (κ3) is 3.33. The van der Waals surface area contributed by atoms with Crippen molar-refractivity contribution >= 4 is 11.8 Å². The molecule has 1 N–H and O–H groups in total. The molecular weight excluding hydrogens is 360 g/mol. The van der Waals surface area contributed by atoms with E-state index in [4.69, 9.17) is 9.47 Å². The third-order valence-corrected chi connectivity index (χ3v) is 6.57. The molecule has 0 bridgehead atoms. The third-order valence-electron chi connectivity index (χ3n) is 6.57. The van der Waals surface area contributed by atoms with Crippen molar-refractivity contribution in [1.82, 2.24) is 19.8 Å². The quantitative estimate of drug-likeness (QED) is 0.819. The molecule has 2 unspecified atom stereocenters. The summed E-state index contributed by atoms with van der Waals surface area (Å²) < 4.78 is 13.8. The van der Waals surface area contributed by atoms with E-state index in [-0.39, 0.29) is 17.7 Å². The summed E-state index contributed by atoms with van der Waals surface area (Å²) in [6.07, 6.45) is 7.74. The summed E-state index contributed by atoms with van der Waals surface area (Å²) in [5.74, 6) is 1.66. The summed E-state index contributed by atoms with van der Waals surface area (Å²) in [5, 5.41) is 3.05. The van der Waals surface area contributed by atoms with E-state index in [1.165, 1.54) is 12.8 Å². The SMILES string of the molecule is O=C(NCC1CC1)C1Cn2ccnc2C2(CCN(C(=O)C3CCOC3)CC2)O1. The van der Waals surface area contributed by atoms with Crippen molar-refractivity contribution in [3.8, 4) is 0 Å². The number of fused-ring (bicyclic) bond motifs is 2. The van der Waals surface area contributed by atoms with Crippen LogP contribution in [-0.4, -0.2) is 65.2 Å². The zero-order valence-electron chi connectivity index (χ0n) is 16.1. The lowest BCUT2D eigenvalue weighted by Crippen LogP contribution is -2.55. The summed E-state index contributed by atoms with van der Waals surface area (Å²) in [6.45, 7) is 3.69. The molecule has 1 spiro atoms. The highest BCUT2D eigenvalue weighted by Crippen LogP contribution is 2.40. The average Bonchev–Trinajstić information content (AvgIpc) is 3.17. The molecule has 4 aliphatic rings. The monoisotopic (exact) mass is 388 g/mol. The lowest BCUT2D eigenvalue weighted by Gasteiger charge is -2.45. The summed E-state index contributed by atoms with van der Waals surface area (Å²) in [7, 11) is 0. The number of aromatic nitrogens is 2. The molecule has 8 nitrogen and oxygen atoms in total. The van der Waals surface area contributed by atoms with Gasteiger partial charge in [-0.25, -0.2) is 4.98 Å². The van der Waals surface area contributed by atoms with Crippen LogP contribution in [0.3, 0.4) is 0 Å². The number of nitrogens with one attached hydrogen (secondary N) is 1. The Bertz CT molecular complexity index is 745. The van der Waals surface area contributed by atoms with Crippen molar-refractivity contribution in [3.63, 3.8) is 0 Å². The van der Waals surface area contributed by atoms with Crippen LogP contribution in [0.1, 0.15) is 37.9 Å². The Balaban J connectivity index is 1.28. The fourth-order valence-electron chi connectivity index (χ4n) is 4.63. The number of carbonyl (C=O) groups excluding carboxylic acids is 2. The average molecular weight is 388 g/mol. The van der Waals surface area contributed by atoms with E-state index < -0.39 is 11.7 Å². The van der Waals surface area contributed by atoms with Crippen LogP contribution in [0, 0.1) is 11.8 Å². The minimum Gasteiger partial charge on any atom is -0.381 e. The number of nitrogens with zero attached hydrogens (tertiary/aromatic N) is 3. The Morgan fingerprint density at radius 1 is 1.25 bits per heavy atom. The predicted octanol–water partition coefficient (Wildman–Crippen LogP) is 0.662. The van der Waals surface area contributed by atoms with Gasteiger partial charge in [-0.1, -0.05) is 0 Å². The molecule has 5 rings (SSSR count). The van der Waals surface area contributed by atoms with Crippen LogP contribution in [0.5, 0.6) is 0 Å². The van der Waals surface area contributed by atoms with E-state index in [1.807, 2.05) is 15.7 Å². The van der Waals surface area contributed by atoms with Crippen LogP contribution in [0.15, 0.2) is 12.4 Å². The van der Waals surface area contributed by atoms with Gasteiger partial charge in [-0.3, -0.25) is 9.59 Å². The number of rotatable bonds is 4. The molecule has 1 aromatic rings. The van der Waals surface area contributed by atoms with Crippen LogP contribution in [-0.2, 0) is 31.2 Å². The fraction of sp³-hybridized carbons (Fsp3) is 0.750. The minimum absolute atomic E-state index is 0.00994. The number of likely N-dealkylation sites (tertiary alicyclic amines) is 1. The van der Waals surface area contributed by atoms with Crippen molar-refractivity contribution in [2.45, 2.75) is 50.4 Å². The molecule has 8 heteroatoms. The first kappa shape index (κ1) is 18.1. The Kier molecular flexibility index (Phi) is 4.63. The van der Waals surface area contributed by atoms with Crippen LogP contribution in [0.4, 0.5) is 0 Å². The van der Waals surface area contributed by atoms with E-state index in [2.05, 4.69) is 10.3 Å². The second-order valence-electron chi connectivity index (χ2n) is 8.58. The Labute approximate surface area is 164 Å². The topological polar surface area (TPSA) is 85.7 Å². The lowest BCUT2D eigenvalue weighted by molar-refractivity contribution is -0.176. The first-order valence-corrected chi connectivity index (χ1v) is 10.5. The number of carbonyl (C=O) groups is 2. The predicted molar refractivity (Wildman–Crippen MR) is 99.3 cm³/mol. The maximum atomic E-state index is 12.7. The van der Waals surface area contributed by atoms with Gasteiger partial charge < -0.3 is 24.3 Å². The highest BCUT2D eigenvalue weighted by atomic mass is 16.5. The highest BCUT2D eigenvalue weighted by Gasteiger charge is 2.48. The van der Waals surface area contributed by atoms with E-state index >= 15 is 0 Å². The van der Waals surface area contributed by atoms with Gasteiger partial charge in [-0.15, -0.1) is 0 Å². The van der Waals surface area contributed by atoms with Crippen LogP contribution >= 0.6 is 0 Å². The summed E-state index contributed by atoms with van der Waals surface area (Å²) in [5.41, 5.74) is -0.591. The van der Waals surface area contributed by atoms with Gasteiger partial charge in [0.25, 0.3) is 5.91 Å². The second kappa shape index (κ2) is 7.15. The first-order valence-electron chi connectivity index (χ1n) is 10.5. The number of amides is 2.